The standard InChI is InChI=1S/C11H11ClN2O3S/c12-9-3-1-8(2-4-9)11-13-10(14-17-11)7-18(16)6-5-15/h1-4,15H,5-7H2. The van der Waals surface area contributed by atoms with Crippen molar-refractivity contribution < 1.29 is 13.8 Å². The summed E-state index contributed by atoms with van der Waals surface area (Å²) in [6, 6.07) is 6.99. The first-order valence-electron chi connectivity index (χ1n) is 5.23. The van der Waals surface area contributed by atoms with E-state index in [1.54, 1.807) is 24.3 Å². The zero-order valence-electron chi connectivity index (χ0n) is 9.38. The molecule has 0 aliphatic heterocycles. The first kappa shape index (κ1) is 13.2. The summed E-state index contributed by atoms with van der Waals surface area (Å²) in [5, 5.41) is 13.0. The fraction of sp³-hybridized carbons (Fsp3) is 0.273. The molecule has 0 radical (unpaired) electrons. The van der Waals surface area contributed by atoms with Gasteiger partial charge in [-0.15, -0.1) is 0 Å². The molecule has 1 N–H and O–H groups in total. The van der Waals surface area contributed by atoms with Gasteiger partial charge in [-0.3, -0.25) is 4.21 Å². The lowest BCUT2D eigenvalue weighted by atomic mass is 10.2. The molecule has 0 spiro atoms. The van der Waals surface area contributed by atoms with Gasteiger partial charge in [0.05, 0.1) is 12.4 Å². The molecule has 2 aromatic rings. The second-order valence-electron chi connectivity index (χ2n) is 3.53. The monoisotopic (exact) mass is 286 g/mol. The second-order valence-corrected chi connectivity index (χ2v) is 5.55. The van der Waals surface area contributed by atoms with Gasteiger partial charge in [0.1, 0.15) is 0 Å². The van der Waals surface area contributed by atoms with Gasteiger partial charge >= 0.3 is 0 Å². The number of benzene rings is 1. The van der Waals surface area contributed by atoms with Crippen LogP contribution in [0.25, 0.3) is 11.5 Å². The second kappa shape index (κ2) is 6.08. The molecule has 1 heterocycles. The highest BCUT2D eigenvalue weighted by atomic mass is 35.5. The van der Waals surface area contributed by atoms with Crippen LogP contribution >= 0.6 is 11.6 Å². The molecular weight excluding hydrogens is 276 g/mol. The predicted octanol–water partition coefficient (Wildman–Crippen LogP) is 1.63. The molecule has 1 aromatic carbocycles. The van der Waals surface area contributed by atoms with Gasteiger partial charge < -0.3 is 9.63 Å². The zero-order chi connectivity index (χ0) is 13.0. The maximum absolute atomic E-state index is 11.4. The summed E-state index contributed by atoms with van der Waals surface area (Å²) in [6.45, 7) is -0.117. The smallest absolute Gasteiger partial charge is 0.257 e. The Bertz CT molecular complexity index is 541. The van der Waals surface area contributed by atoms with Crippen LogP contribution in [-0.2, 0) is 16.6 Å². The van der Waals surface area contributed by atoms with Crippen molar-refractivity contribution >= 4 is 22.4 Å². The molecule has 0 saturated carbocycles. The van der Waals surface area contributed by atoms with Crippen LogP contribution in [0.3, 0.4) is 0 Å². The number of rotatable bonds is 5. The number of aromatic nitrogens is 2. The molecule has 0 aliphatic rings. The van der Waals surface area contributed by atoms with Crippen molar-refractivity contribution in [3.63, 3.8) is 0 Å². The third-order valence-electron chi connectivity index (χ3n) is 2.17. The van der Waals surface area contributed by atoms with Crippen molar-refractivity contribution in [2.75, 3.05) is 12.4 Å². The lowest BCUT2D eigenvalue weighted by molar-refractivity contribution is 0.321. The largest absolute Gasteiger partial charge is 0.395 e. The Kier molecular flexibility index (Phi) is 4.46. The summed E-state index contributed by atoms with van der Waals surface area (Å²) in [7, 11) is -1.17. The Morgan fingerprint density at radius 1 is 1.33 bits per heavy atom. The van der Waals surface area contributed by atoms with Crippen molar-refractivity contribution in [2.45, 2.75) is 5.75 Å². The number of hydrogen-bond donors (Lipinski definition) is 1. The SMILES string of the molecule is O=S(CCO)Cc1noc(-c2ccc(Cl)cc2)n1. The van der Waals surface area contributed by atoms with Gasteiger partial charge in [0.15, 0.2) is 5.82 Å². The molecule has 0 amide bonds. The van der Waals surface area contributed by atoms with Gasteiger partial charge in [0.25, 0.3) is 5.89 Å². The van der Waals surface area contributed by atoms with Crippen LogP contribution < -0.4 is 0 Å². The highest BCUT2D eigenvalue weighted by Crippen LogP contribution is 2.19. The molecule has 7 heteroatoms. The van der Waals surface area contributed by atoms with Crippen molar-refractivity contribution in [2.24, 2.45) is 0 Å². The van der Waals surface area contributed by atoms with Crippen LogP contribution in [0.4, 0.5) is 0 Å². The molecule has 18 heavy (non-hydrogen) atoms. The molecule has 96 valence electrons. The van der Waals surface area contributed by atoms with Crippen molar-refractivity contribution in [3.05, 3.63) is 35.1 Å². The minimum absolute atomic E-state index is 0.117. The van der Waals surface area contributed by atoms with E-state index in [-0.39, 0.29) is 18.1 Å². The summed E-state index contributed by atoms with van der Waals surface area (Å²) in [5.41, 5.74) is 0.756. The molecule has 0 bridgehead atoms. The number of aliphatic hydroxyl groups is 1. The first-order chi connectivity index (χ1) is 8.69. The van der Waals surface area contributed by atoms with Crippen molar-refractivity contribution in [1.82, 2.24) is 10.1 Å². The zero-order valence-corrected chi connectivity index (χ0v) is 10.9. The number of hydrogen-bond acceptors (Lipinski definition) is 5. The summed E-state index contributed by atoms with van der Waals surface area (Å²) in [5.74, 6) is 1.12. The normalized spacial score (nSPS) is 12.6. The van der Waals surface area contributed by atoms with Crippen LogP contribution in [0.5, 0.6) is 0 Å². The Morgan fingerprint density at radius 3 is 2.72 bits per heavy atom. The topological polar surface area (TPSA) is 76.2 Å². The lowest BCUT2D eigenvalue weighted by Gasteiger charge is -1.94. The van der Waals surface area contributed by atoms with E-state index in [0.29, 0.717) is 16.7 Å². The summed E-state index contributed by atoms with van der Waals surface area (Å²) >= 11 is 5.78. The molecule has 0 fully saturated rings. The van der Waals surface area contributed by atoms with E-state index in [2.05, 4.69) is 10.1 Å². The van der Waals surface area contributed by atoms with E-state index >= 15 is 0 Å². The molecule has 2 rings (SSSR count). The summed E-state index contributed by atoms with van der Waals surface area (Å²) in [4.78, 5) is 4.14. The van der Waals surface area contributed by atoms with Gasteiger partial charge in [-0.25, -0.2) is 0 Å². The third-order valence-corrected chi connectivity index (χ3v) is 3.64. The molecule has 0 saturated heterocycles. The number of aliphatic hydroxyl groups excluding tert-OH is 1. The van der Waals surface area contributed by atoms with Crippen LogP contribution in [-0.4, -0.2) is 31.8 Å². The average molecular weight is 287 g/mol. The Hall–Kier alpha value is -1.24. The van der Waals surface area contributed by atoms with Crippen LogP contribution in [0, 0.1) is 0 Å². The summed E-state index contributed by atoms with van der Waals surface area (Å²) < 4.78 is 16.5. The predicted molar refractivity (Wildman–Crippen MR) is 68.5 cm³/mol. The quantitative estimate of drug-likeness (QED) is 0.904. The molecule has 0 aliphatic carbocycles. The highest BCUT2D eigenvalue weighted by Gasteiger charge is 2.11. The van der Waals surface area contributed by atoms with Crippen LogP contribution in [0.2, 0.25) is 5.02 Å². The van der Waals surface area contributed by atoms with Crippen molar-refractivity contribution in [3.8, 4) is 11.5 Å². The molecular formula is C11H11ClN2O3S. The Labute approximate surface area is 111 Å². The number of halogens is 1. The first-order valence-corrected chi connectivity index (χ1v) is 7.10. The van der Waals surface area contributed by atoms with E-state index < -0.39 is 10.8 Å². The van der Waals surface area contributed by atoms with E-state index in [4.69, 9.17) is 21.2 Å². The molecule has 1 aromatic heterocycles. The van der Waals surface area contributed by atoms with Gasteiger partial charge in [-0.1, -0.05) is 16.8 Å². The van der Waals surface area contributed by atoms with Crippen molar-refractivity contribution in [1.29, 1.82) is 0 Å². The van der Waals surface area contributed by atoms with E-state index in [1.165, 1.54) is 0 Å². The average Bonchev–Trinajstić information content (AvgIpc) is 2.78. The van der Waals surface area contributed by atoms with Gasteiger partial charge in [-0.05, 0) is 24.3 Å². The minimum atomic E-state index is -1.17. The molecule has 1 unspecified atom stereocenters. The fourth-order valence-electron chi connectivity index (χ4n) is 1.34. The summed E-state index contributed by atoms with van der Waals surface area (Å²) in [6.07, 6.45) is 0. The fourth-order valence-corrected chi connectivity index (χ4v) is 2.22. The maximum atomic E-state index is 11.4. The van der Waals surface area contributed by atoms with Gasteiger partial charge in [-0.2, -0.15) is 4.98 Å². The lowest BCUT2D eigenvalue weighted by Crippen LogP contribution is -2.05. The van der Waals surface area contributed by atoms with Gasteiger partial charge in [0.2, 0.25) is 0 Å². The maximum Gasteiger partial charge on any atom is 0.257 e. The molecule has 5 nitrogen and oxygen atoms in total. The third kappa shape index (κ3) is 3.38. The number of nitrogens with zero attached hydrogens (tertiary/aromatic N) is 2. The van der Waals surface area contributed by atoms with E-state index in [1.807, 2.05) is 0 Å². The minimum Gasteiger partial charge on any atom is -0.395 e. The van der Waals surface area contributed by atoms with Gasteiger partial charge in [0, 0.05) is 27.1 Å². The van der Waals surface area contributed by atoms with Crippen LogP contribution in [0.1, 0.15) is 5.82 Å². The Morgan fingerprint density at radius 2 is 2.06 bits per heavy atom. The van der Waals surface area contributed by atoms with Crippen LogP contribution in [0.15, 0.2) is 28.8 Å². The molecule has 1 atom stereocenters. The Balaban J connectivity index is 2.10. The van der Waals surface area contributed by atoms with E-state index in [0.717, 1.165) is 5.56 Å². The van der Waals surface area contributed by atoms with E-state index in [9.17, 15) is 4.21 Å². The highest BCUT2D eigenvalue weighted by molar-refractivity contribution is 7.84.